The first-order chi connectivity index (χ1) is 16.8. The monoisotopic (exact) mass is 537 g/mol. The van der Waals surface area contributed by atoms with Crippen molar-refractivity contribution in [2.24, 2.45) is 4.99 Å². The Kier molecular flexibility index (Phi) is 7.74. The summed E-state index contributed by atoms with van der Waals surface area (Å²) in [7, 11) is -2.67. The first-order valence-electron chi connectivity index (χ1n) is 10.8. The topological polar surface area (TPSA) is 98.0 Å². The van der Waals surface area contributed by atoms with E-state index in [-0.39, 0.29) is 11.4 Å². The number of fused-ring (bicyclic) bond motifs is 1. The number of esters is 1. The van der Waals surface area contributed by atoms with Crippen molar-refractivity contribution in [3.63, 3.8) is 0 Å². The van der Waals surface area contributed by atoms with Gasteiger partial charge in [0.1, 0.15) is 11.9 Å². The van der Waals surface area contributed by atoms with Gasteiger partial charge in [-0.3, -0.25) is 4.79 Å². The standard InChI is InChI=1S/C23H24FN3O5S3/c1-32-22(29)15-5-10-18-20(14-15)34-23(26(18)12-13-33-2)25-21(28)19-4-3-11-27(19)35(30,31)17-8-6-16(24)7-9-17/h5-10,14,19H,3-4,11-13H2,1-2H3. The number of hydrogen-bond donors (Lipinski definition) is 0. The van der Waals surface area contributed by atoms with Crippen molar-refractivity contribution >= 4 is 55.2 Å². The Morgan fingerprint density at radius 1 is 1.23 bits per heavy atom. The molecule has 1 unspecified atom stereocenters. The molecule has 12 heteroatoms. The van der Waals surface area contributed by atoms with E-state index in [1.807, 2.05) is 10.8 Å². The number of benzene rings is 2. The predicted octanol–water partition coefficient (Wildman–Crippen LogP) is 3.27. The maximum Gasteiger partial charge on any atom is 0.337 e. The number of carbonyl (C=O) groups is 2. The van der Waals surface area contributed by atoms with Crippen LogP contribution >= 0.6 is 23.1 Å². The zero-order valence-electron chi connectivity index (χ0n) is 19.1. The largest absolute Gasteiger partial charge is 0.465 e. The van der Waals surface area contributed by atoms with E-state index in [1.165, 1.54) is 30.6 Å². The van der Waals surface area contributed by atoms with Crippen LogP contribution in [-0.4, -0.2) is 60.9 Å². The van der Waals surface area contributed by atoms with Crippen LogP contribution in [-0.2, 0) is 26.1 Å². The molecule has 0 spiro atoms. The Morgan fingerprint density at radius 2 is 1.97 bits per heavy atom. The Balaban J connectivity index is 1.72. The molecule has 0 radical (unpaired) electrons. The second kappa shape index (κ2) is 10.6. The van der Waals surface area contributed by atoms with E-state index in [0.29, 0.717) is 29.8 Å². The lowest BCUT2D eigenvalue weighted by Gasteiger charge is -2.21. The fourth-order valence-electron chi connectivity index (χ4n) is 3.99. The second-order valence-electron chi connectivity index (χ2n) is 7.88. The van der Waals surface area contributed by atoms with Gasteiger partial charge in [-0.2, -0.15) is 21.1 Å². The first-order valence-corrected chi connectivity index (χ1v) is 14.5. The summed E-state index contributed by atoms with van der Waals surface area (Å²) in [4.78, 5) is 29.9. The number of halogens is 1. The van der Waals surface area contributed by atoms with E-state index in [2.05, 4.69) is 4.99 Å². The Morgan fingerprint density at radius 3 is 2.66 bits per heavy atom. The number of thioether (sulfide) groups is 1. The molecule has 0 aliphatic carbocycles. The molecule has 1 fully saturated rings. The number of sulfonamides is 1. The number of rotatable bonds is 7. The maximum atomic E-state index is 13.3. The van der Waals surface area contributed by atoms with Gasteiger partial charge in [-0.05, 0) is 61.6 Å². The third kappa shape index (κ3) is 5.20. The average Bonchev–Trinajstić information content (AvgIpc) is 3.47. The number of methoxy groups -OCH3 is 1. The molecule has 1 saturated heterocycles. The molecule has 1 aromatic heterocycles. The van der Waals surface area contributed by atoms with Crippen LogP contribution in [0.2, 0.25) is 0 Å². The van der Waals surface area contributed by atoms with Crippen LogP contribution in [0.25, 0.3) is 10.2 Å². The molecule has 1 amide bonds. The number of thiazole rings is 1. The van der Waals surface area contributed by atoms with Crippen molar-refractivity contribution in [2.45, 2.75) is 30.3 Å². The molecular formula is C23H24FN3O5S3. The molecular weight excluding hydrogens is 513 g/mol. The van der Waals surface area contributed by atoms with Gasteiger partial charge in [0.25, 0.3) is 5.91 Å². The molecule has 0 saturated carbocycles. The molecule has 0 N–H and O–H groups in total. The third-order valence-electron chi connectivity index (χ3n) is 5.74. The summed E-state index contributed by atoms with van der Waals surface area (Å²) < 4.78 is 48.2. The van der Waals surface area contributed by atoms with Crippen LogP contribution in [0.15, 0.2) is 52.4 Å². The lowest BCUT2D eigenvalue weighted by molar-refractivity contribution is -0.121. The molecule has 3 aromatic rings. The number of hydrogen-bond acceptors (Lipinski definition) is 7. The van der Waals surface area contributed by atoms with Crippen molar-refractivity contribution in [1.82, 2.24) is 8.87 Å². The molecule has 186 valence electrons. The summed E-state index contributed by atoms with van der Waals surface area (Å²) in [6, 6.07) is 8.78. The van der Waals surface area contributed by atoms with E-state index < -0.39 is 33.8 Å². The number of amides is 1. The molecule has 1 aliphatic rings. The molecule has 8 nitrogen and oxygen atoms in total. The predicted molar refractivity (Wildman–Crippen MR) is 133 cm³/mol. The van der Waals surface area contributed by atoms with Gasteiger partial charge >= 0.3 is 5.97 Å². The van der Waals surface area contributed by atoms with Gasteiger partial charge in [0.2, 0.25) is 10.0 Å². The zero-order chi connectivity index (χ0) is 25.2. The van der Waals surface area contributed by atoms with Gasteiger partial charge in [0, 0.05) is 18.8 Å². The number of ether oxygens (including phenoxy) is 1. The number of carbonyl (C=O) groups excluding carboxylic acids is 2. The normalized spacial score (nSPS) is 17.2. The van der Waals surface area contributed by atoms with E-state index in [0.717, 1.165) is 32.4 Å². The van der Waals surface area contributed by atoms with Crippen molar-refractivity contribution in [1.29, 1.82) is 0 Å². The van der Waals surface area contributed by atoms with Gasteiger partial charge in [-0.25, -0.2) is 17.6 Å². The van der Waals surface area contributed by atoms with Crippen molar-refractivity contribution < 1.29 is 27.1 Å². The lowest BCUT2D eigenvalue weighted by Crippen LogP contribution is -2.40. The van der Waals surface area contributed by atoms with Crippen LogP contribution in [0.4, 0.5) is 4.39 Å². The van der Waals surface area contributed by atoms with Crippen LogP contribution in [0, 0.1) is 5.82 Å². The molecule has 4 rings (SSSR count). The third-order valence-corrected chi connectivity index (χ3v) is 9.29. The fraction of sp³-hybridized carbons (Fsp3) is 0.348. The minimum Gasteiger partial charge on any atom is -0.465 e. The van der Waals surface area contributed by atoms with Gasteiger partial charge in [-0.15, -0.1) is 0 Å². The fourth-order valence-corrected chi connectivity index (χ4v) is 7.10. The molecule has 0 bridgehead atoms. The Labute approximate surface area is 210 Å². The van der Waals surface area contributed by atoms with Gasteiger partial charge in [0.05, 0.1) is 27.8 Å². The SMILES string of the molecule is COC(=O)c1ccc2c(c1)sc(=NC(=O)C1CCCN1S(=O)(=O)c1ccc(F)cc1)n2CCSC. The van der Waals surface area contributed by atoms with E-state index in [9.17, 15) is 22.4 Å². The summed E-state index contributed by atoms with van der Waals surface area (Å²) in [5.74, 6) is -0.771. The molecule has 2 heterocycles. The lowest BCUT2D eigenvalue weighted by atomic mass is 10.2. The van der Waals surface area contributed by atoms with Crippen LogP contribution in [0.5, 0.6) is 0 Å². The minimum absolute atomic E-state index is 0.0640. The van der Waals surface area contributed by atoms with Crippen molar-refractivity contribution in [3.05, 3.63) is 58.6 Å². The summed E-state index contributed by atoms with van der Waals surface area (Å²) >= 11 is 2.90. The van der Waals surface area contributed by atoms with Crippen LogP contribution < -0.4 is 4.80 Å². The van der Waals surface area contributed by atoms with Crippen LogP contribution in [0.3, 0.4) is 0 Å². The smallest absolute Gasteiger partial charge is 0.337 e. The van der Waals surface area contributed by atoms with E-state index >= 15 is 0 Å². The number of aryl methyl sites for hydroxylation is 1. The van der Waals surface area contributed by atoms with Crippen LogP contribution in [0.1, 0.15) is 23.2 Å². The molecule has 2 aromatic carbocycles. The molecule has 1 aliphatic heterocycles. The summed E-state index contributed by atoms with van der Waals surface area (Å²) in [5, 5.41) is 0. The Hall–Kier alpha value is -2.54. The highest BCUT2D eigenvalue weighted by Crippen LogP contribution is 2.27. The average molecular weight is 538 g/mol. The zero-order valence-corrected chi connectivity index (χ0v) is 21.6. The number of aromatic nitrogens is 1. The van der Waals surface area contributed by atoms with Gasteiger partial charge in [-0.1, -0.05) is 11.3 Å². The van der Waals surface area contributed by atoms with E-state index in [4.69, 9.17) is 4.74 Å². The molecule has 1 atom stereocenters. The van der Waals surface area contributed by atoms with E-state index in [1.54, 1.807) is 30.0 Å². The molecule has 35 heavy (non-hydrogen) atoms. The highest BCUT2D eigenvalue weighted by molar-refractivity contribution is 7.98. The van der Waals surface area contributed by atoms with Crippen molar-refractivity contribution in [3.8, 4) is 0 Å². The summed E-state index contributed by atoms with van der Waals surface area (Å²) in [6.07, 6.45) is 2.85. The maximum absolute atomic E-state index is 13.3. The Bertz CT molecular complexity index is 1430. The number of nitrogens with zero attached hydrogens (tertiary/aromatic N) is 3. The van der Waals surface area contributed by atoms with Gasteiger partial charge in [0.15, 0.2) is 4.80 Å². The quantitative estimate of drug-likeness (QED) is 0.429. The second-order valence-corrected chi connectivity index (χ2v) is 11.8. The first kappa shape index (κ1) is 25.5. The highest BCUT2D eigenvalue weighted by atomic mass is 32.2. The summed E-state index contributed by atoms with van der Waals surface area (Å²) in [5.41, 5.74) is 1.22. The van der Waals surface area contributed by atoms with Crippen molar-refractivity contribution in [2.75, 3.05) is 25.7 Å². The van der Waals surface area contributed by atoms with Gasteiger partial charge < -0.3 is 9.30 Å². The minimum atomic E-state index is -3.98. The highest BCUT2D eigenvalue weighted by Gasteiger charge is 2.39. The summed E-state index contributed by atoms with van der Waals surface area (Å²) in [6.45, 7) is 0.778.